The zero-order chi connectivity index (χ0) is 14.2. The minimum absolute atomic E-state index is 0.0805. The van der Waals surface area contributed by atoms with Crippen LogP contribution in [0.5, 0.6) is 0 Å². The van der Waals surface area contributed by atoms with E-state index in [1.165, 1.54) is 0 Å². The van der Waals surface area contributed by atoms with Gasteiger partial charge in [0.2, 0.25) is 5.91 Å². The lowest BCUT2D eigenvalue weighted by atomic mass is 10.0. The van der Waals surface area contributed by atoms with Crippen LogP contribution >= 0.6 is 0 Å². The number of nitrogens with two attached hydrogens (primary N) is 1. The molecule has 0 aromatic heterocycles. The van der Waals surface area contributed by atoms with Gasteiger partial charge in [-0.3, -0.25) is 4.79 Å². The Bertz CT molecular complexity index is 525. The SMILES string of the molecule is CC(C)[C@@H](N)C(=O)N1Cc2ccc(C(=O)O)cc2C1. The summed E-state index contributed by atoms with van der Waals surface area (Å²) in [5.74, 6) is -0.944. The summed E-state index contributed by atoms with van der Waals surface area (Å²) >= 11 is 0. The summed E-state index contributed by atoms with van der Waals surface area (Å²) in [5, 5.41) is 8.95. The number of hydrogen-bond acceptors (Lipinski definition) is 3. The van der Waals surface area contributed by atoms with Gasteiger partial charge in [0.15, 0.2) is 0 Å². The molecule has 1 heterocycles. The maximum absolute atomic E-state index is 12.2. The number of benzene rings is 1. The first kappa shape index (κ1) is 13.5. The molecule has 1 aliphatic rings. The first-order valence-corrected chi connectivity index (χ1v) is 6.29. The summed E-state index contributed by atoms with van der Waals surface area (Å²) in [6, 6.07) is 4.46. The van der Waals surface area contributed by atoms with Crippen LogP contribution in [0.15, 0.2) is 18.2 Å². The highest BCUT2D eigenvalue weighted by Gasteiger charge is 2.28. The largest absolute Gasteiger partial charge is 0.478 e. The molecule has 5 heteroatoms. The van der Waals surface area contributed by atoms with Gasteiger partial charge < -0.3 is 15.7 Å². The fourth-order valence-corrected chi connectivity index (χ4v) is 2.18. The van der Waals surface area contributed by atoms with E-state index in [9.17, 15) is 9.59 Å². The van der Waals surface area contributed by atoms with E-state index < -0.39 is 12.0 Å². The molecule has 1 amide bonds. The number of hydrogen-bond donors (Lipinski definition) is 2. The quantitative estimate of drug-likeness (QED) is 0.857. The van der Waals surface area contributed by atoms with Crippen molar-refractivity contribution in [2.24, 2.45) is 11.7 Å². The van der Waals surface area contributed by atoms with Crippen molar-refractivity contribution in [3.05, 3.63) is 34.9 Å². The minimum Gasteiger partial charge on any atom is -0.478 e. The van der Waals surface area contributed by atoms with Gasteiger partial charge in [0.05, 0.1) is 11.6 Å². The van der Waals surface area contributed by atoms with E-state index in [1.807, 2.05) is 13.8 Å². The van der Waals surface area contributed by atoms with Gasteiger partial charge in [-0.1, -0.05) is 19.9 Å². The van der Waals surface area contributed by atoms with Crippen molar-refractivity contribution in [3.63, 3.8) is 0 Å². The molecule has 2 rings (SSSR count). The van der Waals surface area contributed by atoms with Crippen molar-refractivity contribution < 1.29 is 14.7 Å². The lowest BCUT2D eigenvalue weighted by molar-refractivity contribution is -0.134. The fraction of sp³-hybridized carbons (Fsp3) is 0.429. The van der Waals surface area contributed by atoms with Crippen LogP contribution in [0.1, 0.15) is 35.3 Å². The molecular weight excluding hydrogens is 244 g/mol. The molecule has 0 saturated carbocycles. The van der Waals surface area contributed by atoms with E-state index in [0.717, 1.165) is 11.1 Å². The van der Waals surface area contributed by atoms with Gasteiger partial charge in [0, 0.05) is 13.1 Å². The third kappa shape index (κ3) is 2.61. The second kappa shape index (κ2) is 5.01. The van der Waals surface area contributed by atoms with Crippen LogP contribution in [0.25, 0.3) is 0 Å². The highest BCUT2D eigenvalue weighted by Crippen LogP contribution is 2.25. The highest BCUT2D eigenvalue weighted by molar-refractivity contribution is 5.88. The van der Waals surface area contributed by atoms with E-state index >= 15 is 0 Å². The van der Waals surface area contributed by atoms with E-state index in [-0.39, 0.29) is 17.4 Å². The molecule has 0 radical (unpaired) electrons. The second-order valence-corrected chi connectivity index (χ2v) is 5.25. The van der Waals surface area contributed by atoms with Crippen molar-refractivity contribution >= 4 is 11.9 Å². The maximum Gasteiger partial charge on any atom is 0.335 e. The van der Waals surface area contributed by atoms with E-state index in [2.05, 4.69) is 0 Å². The molecule has 0 saturated heterocycles. The molecule has 0 bridgehead atoms. The van der Waals surface area contributed by atoms with Crippen molar-refractivity contribution in [3.8, 4) is 0 Å². The molecule has 102 valence electrons. The second-order valence-electron chi connectivity index (χ2n) is 5.25. The number of carboxylic acid groups (broad SMARTS) is 1. The summed E-state index contributed by atoms with van der Waals surface area (Å²) in [6.45, 7) is 4.77. The smallest absolute Gasteiger partial charge is 0.335 e. The standard InChI is InChI=1S/C14H18N2O3/c1-8(2)12(15)13(17)16-6-10-4-3-9(14(18)19)5-11(10)7-16/h3-5,8,12H,6-7,15H2,1-2H3,(H,18,19)/t12-/m1/s1. The number of fused-ring (bicyclic) bond motifs is 1. The van der Waals surface area contributed by atoms with Crippen molar-refractivity contribution in [1.82, 2.24) is 4.90 Å². The molecule has 3 N–H and O–H groups in total. The zero-order valence-electron chi connectivity index (χ0n) is 11.1. The lowest BCUT2D eigenvalue weighted by Crippen LogP contribution is -2.44. The zero-order valence-corrected chi connectivity index (χ0v) is 11.1. The molecule has 1 atom stereocenters. The number of carbonyl (C=O) groups excluding carboxylic acids is 1. The number of carbonyl (C=O) groups is 2. The predicted molar refractivity (Wildman–Crippen MR) is 70.5 cm³/mol. The van der Waals surface area contributed by atoms with Crippen LogP contribution in [0.2, 0.25) is 0 Å². The Labute approximate surface area is 112 Å². The molecule has 1 aromatic rings. The predicted octanol–water partition coefficient (Wildman–Crippen LogP) is 1.21. The van der Waals surface area contributed by atoms with Gasteiger partial charge in [0.25, 0.3) is 0 Å². The summed E-state index contributed by atoms with van der Waals surface area (Å²) in [5.41, 5.74) is 8.01. The van der Waals surface area contributed by atoms with Crippen molar-refractivity contribution in [1.29, 1.82) is 0 Å². The molecule has 0 fully saturated rings. The molecular formula is C14H18N2O3. The fourth-order valence-electron chi connectivity index (χ4n) is 2.18. The molecule has 1 aliphatic heterocycles. The average molecular weight is 262 g/mol. The first-order chi connectivity index (χ1) is 8.90. The normalized spacial score (nSPS) is 15.5. The molecule has 19 heavy (non-hydrogen) atoms. The van der Waals surface area contributed by atoms with Crippen LogP contribution in [0, 0.1) is 5.92 Å². The monoisotopic (exact) mass is 262 g/mol. The van der Waals surface area contributed by atoms with E-state index in [0.29, 0.717) is 13.1 Å². The molecule has 0 aliphatic carbocycles. The summed E-state index contributed by atoms with van der Waals surface area (Å²) in [4.78, 5) is 24.8. The third-order valence-corrected chi connectivity index (χ3v) is 3.49. The van der Waals surface area contributed by atoms with Crippen molar-refractivity contribution in [2.75, 3.05) is 0 Å². The Morgan fingerprint density at radius 1 is 1.26 bits per heavy atom. The third-order valence-electron chi connectivity index (χ3n) is 3.49. The van der Waals surface area contributed by atoms with Crippen LogP contribution in [-0.4, -0.2) is 27.9 Å². The Hall–Kier alpha value is -1.88. The molecule has 1 aromatic carbocycles. The number of aromatic carboxylic acids is 1. The van der Waals surface area contributed by atoms with Gasteiger partial charge in [-0.05, 0) is 29.2 Å². The first-order valence-electron chi connectivity index (χ1n) is 6.29. The van der Waals surface area contributed by atoms with Gasteiger partial charge in [0.1, 0.15) is 0 Å². The van der Waals surface area contributed by atoms with Gasteiger partial charge >= 0.3 is 5.97 Å². The minimum atomic E-state index is -0.952. The highest BCUT2D eigenvalue weighted by atomic mass is 16.4. The molecule has 0 unspecified atom stereocenters. The topological polar surface area (TPSA) is 83.6 Å². The van der Waals surface area contributed by atoms with E-state index in [4.69, 9.17) is 10.8 Å². The Morgan fingerprint density at radius 2 is 1.89 bits per heavy atom. The average Bonchev–Trinajstić information content (AvgIpc) is 2.79. The number of rotatable bonds is 3. The van der Waals surface area contributed by atoms with Crippen LogP contribution in [-0.2, 0) is 17.9 Å². The summed E-state index contributed by atoms with van der Waals surface area (Å²) in [6.07, 6.45) is 0. The van der Waals surface area contributed by atoms with Gasteiger partial charge in [-0.15, -0.1) is 0 Å². The summed E-state index contributed by atoms with van der Waals surface area (Å²) < 4.78 is 0. The maximum atomic E-state index is 12.2. The summed E-state index contributed by atoms with van der Waals surface area (Å²) in [7, 11) is 0. The number of amides is 1. The number of nitrogens with zero attached hydrogens (tertiary/aromatic N) is 1. The van der Waals surface area contributed by atoms with Crippen molar-refractivity contribution in [2.45, 2.75) is 33.0 Å². The lowest BCUT2D eigenvalue weighted by Gasteiger charge is -2.22. The van der Waals surface area contributed by atoms with Crippen LogP contribution in [0.3, 0.4) is 0 Å². The van der Waals surface area contributed by atoms with Crippen LogP contribution in [0.4, 0.5) is 0 Å². The van der Waals surface area contributed by atoms with Gasteiger partial charge in [-0.25, -0.2) is 4.79 Å². The Morgan fingerprint density at radius 3 is 2.47 bits per heavy atom. The molecule has 5 nitrogen and oxygen atoms in total. The number of carboxylic acids is 1. The Balaban J connectivity index is 2.16. The van der Waals surface area contributed by atoms with E-state index in [1.54, 1.807) is 23.1 Å². The Kier molecular flexibility index (Phi) is 3.57. The van der Waals surface area contributed by atoms with Gasteiger partial charge in [-0.2, -0.15) is 0 Å². The molecule has 0 spiro atoms. The van der Waals surface area contributed by atoms with Crippen LogP contribution < -0.4 is 5.73 Å².